The molecule has 1 aromatic rings. The highest BCUT2D eigenvalue weighted by molar-refractivity contribution is 6.22. The maximum Gasteiger partial charge on any atom is 0.326 e. The molecule has 0 radical (unpaired) electrons. The third-order valence-electron chi connectivity index (χ3n) is 6.61. The molecule has 172 valence electrons. The summed E-state index contributed by atoms with van der Waals surface area (Å²) in [6.07, 6.45) is 5.50. The topological polar surface area (TPSA) is 105 Å². The minimum absolute atomic E-state index is 0.0815. The highest BCUT2D eigenvalue weighted by Gasteiger charge is 2.39. The van der Waals surface area contributed by atoms with Crippen LogP contribution < -0.4 is 5.32 Å². The van der Waals surface area contributed by atoms with E-state index in [0.29, 0.717) is 19.8 Å². The Morgan fingerprint density at radius 3 is 2.25 bits per heavy atom. The Bertz CT molecular complexity index is 854. The molecule has 4 rings (SSSR count). The molecule has 0 atom stereocenters. The van der Waals surface area contributed by atoms with Crippen LogP contribution in [0.2, 0.25) is 0 Å². The van der Waals surface area contributed by atoms with Crippen molar-refractivity contribution in [3.63, 3.8) is 0 Å². The smallest absolute Gasteiger partial charge is 0.326 e. The van der Waals surface area contributed by atoms with Gasteiger partial charge in [0.05, 0.1) is 24.3 Å². The monoisotopic (exact) mass is 443 g/mol. The number of imide groups is 1. The Kier molecular flexibility index (Phi) is 6.86. The van der Waals surface area contributed by atoms with Crippen LogP contribution in [-0.4, -0.2) is 85.0 Å². The van der Waals surface area contributed by atoms with E-state index in [1.807, 2.05) is 0 Å². The molecule has 32 heavy (non-hydrogen) atoms. The molecule has 0 spiro atoms. The van der Waals surface area contributed by atoms with Gasteiger partial charge in [-0.05, 0) is 25.0 Å². The lowest BCUT2D eigenvalue weighted by Crippen LogP contribution is -2.59. The third kappa shape index (κ3) is 4.68. The van der Waals surface area contributed by atoms with Gasteiger partial charge in [-0.1, -0.05) is 31.4 Å². The van der Waals surface area contributed by atoms with E-state index in [4.69, 9.17) is 9.47 Å². The minimum atomic E-state index is -0.796. The normalized spacial score (nSPS) is 20.7. The largest absolute Gasteiger partial charge is 0.454 e. The number of morpholine rings is 1. The lowest BCUT2D eigenvalue weighted by Gasteiger charge is -2.48. The zero-order valence-corrected chi connectivity index (χ0v) is 18.1. The molecule has 0 unspecified atom stereocenters. The highest BCUT2D eigenvalue weighted by Crippen LogP contribution is 2.33. The number of fused-ring (bicyclic) bond motifs is 1. The summed E-state index contributed by atoms with van der Waals surface area (Å²) >= 11 is 0. The zero-order valence-electron chi connectivity index (χ0n) is 18.1. The third-order valence-corrected chi connectivity index (χ3v) is 6.61. The molecule has 2 aliphatic heterocycles. The van der Waals surface area contributed by atoms with Gasteiger partial charge in [0.2, 0.25) is 0 Å². The first-order chi connectivity index (χ1) is 15.5. The van der Waals surface area contributed by atoms with Crippen LogP contribution in [0.5, 0.6) is 0 Å². The summed E-state index contributed by atoms with van der Waals surface area (Å²) in [5.41, 5.74) is 0.454. The molecule has 9 heteroatoms. The van der Waals surface area contributed by atoms with Crippen molar-refractivity contribution in [2.45, 2.75) is 37.6 Å². The van der Waals surface area contributed by atoms with Crippen LogP contribution in [0.15, 0.2) is 24.3 Å². The Morgan fingerprint density at radius 1 is 1.00 bits per heavy atom. The van der Waals surface area contributed by atoms with Crippen LogP contribution in [-0.2, 0) is 19.1 Å². The van der Waals surface area contributed by atoms with Crippen molar-refractivity contribution in [1.82, 2.24) is 15.1 Å². The summed E-state index contributed by atoms with van der Waals surface area (Å²) in [5, 5.41) is 2.93. The van der Waals surface area contributed by atoms with Crippen LogP contribution in [0.3, 0.4) is 0 Å². The maximum absolute atomic E-state index is 12.4. The van der Waals surface area contributed by atoms with Crippen LogP contribution >= 0.6 is 0 Å². The first-order valence-corrected chi connectivity index (χ1v) is 11.2. The van der Waals surface area contributed by atoms with E-state index in [1.54, 1.807) is 24.3 Å². The zero-order chi connectivity index (χ0) is 22.6. The van der Waals surface area contributed by atoms with Crippen LogP contribution in [0, 0.1) is 0 Å². The minimum Gasteiger partial charge on any atom is -0.454 e. The van der Waals surface area contributed by atoms with Gasteiger partial charge in [-0.15, -0.1) is 0 Å². The molecule has 3 amide bonds. The van der Waals surface area contributed by atoms with E-state index in [0.717, 1.165) is 43.7 Å². The summed E-state index contributed by atoms with van der Waals surface area (Å²) in [6, 6.07) is 6.41. The summed E-state index contributed by atoms with van der Waals surface area (Å²) in [5.74, 6) is -2.25. The number of esters is 1. The van der Waals surface area contributed by atoms with Crippen LogP contribution in [0.1, 0.15) is 52.8 Å². The van der Waals surface area contributed by atoms with Gasteiger partial charge < -0.3 is 14.8 Å². The molecule has 1 saturated carbocycles. The summed E-state index contributed by atoms with van der Waals surface area (Å²) in [6.45, 7) is 2.65. The van der Waals surface area contributed by atoms with Gasteiger partial charge >= 0.3 is 5.97 Å². The second-order valence-corrected chi connectivity index (χ2v) is 8.56. The molecule has 1 N–H and O–H groups in total. The second-order valence-electron chi connectivity index (χ2n) is 8.56. The number of amides is 3. The van der Waals surface area contributed by atoms with Crippen molar-refractivity contribution in [1.29, 1.82) is 0 Å². The summed E-state index contributed by atoms with van der Waals surface area (Å²) < 4.78 is 10.5. The molecule has 9 nitrogen and oxygen atoms in total. The number of hydrogen-bond acceptors (Lipinski definition) is 7. The fourth-order valence-corrected chi connectivity index (χ4v) is 4.87. The molecule has 3 aliphatic rings. The van der Waals surface area contributed by atoms with Gasteiger partial charge in [-0.2, -0.15) is 0 Å². The van der Waals surface area contributed by atoms with Crippen molar-refractivity contribution in [3.8, 4) is 0 Å². The fourth-order valence-electron chi connectivity index (χ4n) is 4.87. The van der Waals surface area contributed by atoms with Gasteiger partial charge in [0, 0.05) is 25.2 Å². The van der Waals surface area contributed by atoms with Crippen LogP contribution in [0.4, 0.5) is 0 Å². The molecule has 2 heterocycles. The Balaban J connectivity index is 1.26. The molecule has 0 bridgehead atoms. The number of nitrogens with zero attached hydrogens (tertiary/aromatic N) is 2. The quantitative estimate of drug-likeness (QED) is 0.495. The molecule has 1 saturated heterocycles. The molecule has 1 aliphatic carbocycles. The lowest BCUT2D eigenvalue weighted by atomic mass is 9.79. The van der Waals surface area contributed by atoms with Gasteiger partial charge in [0.15, 0.2) is 6.61 Å². The molecular weight excluding hydrogens is 414 g/mol. The molecular formula is C23H29N3O6. The van der Waals surface area contributed by atoms with Gasteiger partial charge in [-0.3, -0.25) is 29.0 Å². The highest BCUT2D eigenvalue weighted by atomic mass is 16.5. The van der Waals surface area contributed by atoms with Crippen molar-refractivity contribution in [2.24, 2.45) is 0 Å². The average Bonchev–Trinajstić information content (AvgIpc) is 3.07. The molecule has 1 aromatic carbocycles. The van der Waals surface area contributed by atoms with E-state index in [9.17, 15) is 19.2 Å². The predicted molar refractivity (Wildman–Crippen MR) is 114 cm³/mol. The fraction of sp³-hybridized carbons (Fsp3) is 0.565. The first kappa shape index (κ1) is 22.4. The summed E-state index contributed by atoms with van der Waals surface area (Å²) in [4.78, 5) is 52.5. The predicted octanol–water partition coefficient (Wildman–Crippen LogP) is 0.977. The number of hydrogen-bond donors (Lipinski definition) is 1. The van der Waals surface area contributed by atoms with E-state index in [1.165, 1.54) is 6.42 Å². The standard InChI is InChI=1S/C23H29N3O6/c27-19(24-16-23(8-4-1-5-9-23)25-10-12-31-13-11-25)15-32-20(28)14-26-21(29)17-6-2-3-7-18(17)22(26)30/h2-3,6-7H,1,4-5,8-16H2,(H,24,27). The average molecular weight is 444 g/mol. The Labute approximate surface area is 187 Å². The number of nitrogens with one attached hydrogen (secondary N) is 1. The Hall–Kier alpha value is -2.78. The first-order valence-electron chi connectivity index (χ1n) is 11.2. The van der Waals surface area contributed by atoms with Crippen molar-refractivity contribution >= 4 is 23.7 Å². The number of rotatable bonds is 7. The van der Waals surface area contributed by atoms with Gasteiger partial charge in [0.25, 0.3) is 17.7 Å². The van der Waals surface area contributed by atoms with Crippen LogP contribution in [0.25, 0.3) is 0 Å². The number of benzene rings is 1. The van der Waals surface area contributed by atoms with Crippen molar-refractivity contribution in [3.05, 3.63) is 35.4 Å². The molecule has 2 fully saturated rings. The van der Waals surface area contributed by atoms with Crippen molar-refractivity contribution < 1.29 is 28.7 Å². The Morgan fingerprint density at radius 2 is 1.62 bits per heavy atom. The number of ether oxygens (including phenoxy) is 2. The lowest BCUT2D eigenvalue weighted by molar-refractivity contribution is -0.148. The van der Waals surface area contributed by atoms with E-state index >= 15 is 0 Å². The SMILES string of the molecule is O=C(COC(=O)CN1C(=O)c2ccccc2C1=O)NCC1(N2CCOCC2)CCCCC1. The maximum atomic E-state index is 12.4. The van der Waals surface area contributed by atoms with E-state index < -0.39 is 30.9 Å². The summed E-state index contributed by atoms with van der Waals surface area (Å²) in [7, 11) is 0. The molecule has 0 aromatic heterocycles. The van der Waals surface area contributed by atoms with Gasteiger partial charge in [0.1, 0.15) is 6.54 Å². The van der Waals surface area contributed by atoms with Gasteiger partial charge in [-0.25, -0.2) is 0 Å². The number of carbonyl (C=O) groups excluding carboxylic acids is 4. The van der Waals surface area contributed by atoms with Crippen molar-refractivity contribution in [2.75, 3.05) is 46.0 Å². The van der Waals surface area contributed by atoms with E-state index in [2.05, 4.69) is 10.2 Å². The van der Waals surface area contributed by atoms with E-state index in [-0.39, 0.29) is 22.6 Å². The number of carbonyl (C=O) groups is 4. The second kappa shape index (κ2) is 9.79.